The number of benzene rings is 1. The Morgan fingerprint density at radius 1 is 1.09 bits per heavy atom. The summed E-state index contributed by atoms with van der Waals surface area (Å²) >= 11 is 0. The molecule has 1 saturated heterocycles. The summed E-state index contributed by atoms with van der Waals surface area (Å²) < 4.78 is 12.2. The predicted octanol–water partition coefficient (Wildman–Crippen LogP) is 2.41. The van der Waals surface area contributed by atoms with Gasteiger partial charge >= 0.3 is 18.0 Å². The van der Waals surface area contributed by atoms with Gasteiger partial charge in [-0.15, -0.1) is 0 Å². The third-order valence-electron chi connectivity index (χ3n) is 5.28. The number of amides is 1. The molecule has 3 rings (SSSR count). The van der Waals surface area contributed by atoms with Crippen molar-refractivity contribution in [2.45, 2.75) is 39.0 Å². The van der Waals surface area contributed by atoms with E-state index in [9.17, 15) is 24.6 Å². The third-order valence-corrected chi connectivity index (χ3v) is 5.28. The van der Waals surface area contributed by atoms with Crippen molar-refractivity contribution >= 4 is 28.9 Å². The molecule has 1 atom stereocenters. The third kappa shape index (κ3) is 5.13. The van der Waals surface area contributed by atoms with Crippen LogP contribution in [0.2, 0.25) is 0 Å². The molecule has 1 fully saturated rings. The number of nitrogens with zero attached hydrogens (tertiary/aromatic N) is 3. The molecule has 0 saturated carbocycles. The van der Waals surface area contributed by atoms with Gasteiger partial charge in [0.2, 0.25) is 0 Å². The highest BCUT2D eigenvalue weighted by atomic mass is 16.6. The fraction of sp³-hybridized carbons (Fsp3) is 0.500. The Balaban J connectivity index is 1.90. The number of carboxylic acids is 2. The van der Waals surface area contributed by atoms with Crippen LogP contribution >= 0.6 is 0 Å². The van der Waals surface area contributed by atoms with Crippen LogP contribution in [0.4, 0.5) is 4.79 Å². The number of rotatable bonds is 6. The van der Waals surface area contributed by atoms with Crippen LogP contribution in [0.5, 0.6) is 5.75 Å². The smallest absolute Gasteiger partial charge is 0.410 e. The fourth-order valence-electron chi connectivity index (χ4n) is 3.90. The van der Waals surface area contributed by atoms with Gasteiger partial charge in [-0.05, 0) is 39.0 Å². The fourth-order valence-corrected chi connectivity index (χ4v) is 3.90. The maximum absolute atomic E-state index is 12.3. The monoisotopic (exact) mass is 447 g/mol. The van der Waals surface area contributed by atoms with E-state index in [0.29, 0.717) is 48.4 Å². The maximum atomic E-state index is 12.3. The molecule has 0 radical (unpaired) electrons. The lowest BCUT2D eigenvalue weighted by Gasteiger charge is -2.38. The minimum Gasteiger partial charge on any atom is -0.497 e. The van der Waals surface area contributed by atoms with Gasteiger partial charge in [-0.3, -0.25) is 14.5 Å². The highest BCUT2D eigenvalue weighted by Crippen LogP contribution is 2.33. The summed E-state index contributed by atoms with van der Waals surface area (Å²) in [4.78, 5) is 39.3. The van der Waals surface area contributed by atoms with Crippen LogP contribution in [0.1, 0.15) is 32.4 Å². The lowest BCUT2D eigenvalue weighted by Crippen LogP contribution is -2.51. The van der Waals surface area contributed by atoms with Gasteiger partial charge in [0.15, 0.2) is 0 Å². The van der Waals surface area contributed by atoms with Crippen molar-refractivity contribution in [2.75, 3.05) is 33.3 Å². The lowest BCUT2D eigenvalue weighted by atomic mass is 10.0. The Hall–Kier alpha value is -3.27. The quantitative estimate of drug-likeness (QED) is 0.692. The molecule has 32 heavy (non-hydrogen) atoms. The second-order valence-corrected chi connectivity index (χ2v) is 8.73. The number of carboxylic acid groups (broad SMARTS) is 2. The van der Waals surface area contributed by atoms with Gasteiger partial charge in [-0.2, -0.15) is 0 Å². The molecule has 2 aromatic rings. The molecule has 2 N–H and O–H groups in total. The number of carbonyl (C=O) groups excluding carboxylic acids is 1. The van der Waals surface area contributed by atoms with Crippen molar-refractivity contribution in [2.24, 2.45) is 0 Å². The zero-order valence-electron chi connectivity index (χ0n) is 18.7. The molecule has 10 nitrogen and oxygen atoms in total. The van der Waals surface area contributed by atoms with Crippen molar-refractivity contribution in [1.29, 1.82) is 0 Å². The number of aromatic nitrogens is 1. The van der Waals surface area contributed by atoms with E-state index in [-0.39, 0.29) is 6.54 Å². The molecule has 0 bridgehead atoms. The Labute approximate surface area is 185 Å². The van der Waals surface area contributed by atoms with Crippen LogP contribution in [0.3, 0.4) is 0 Å². The van der Waals surface area contributed by atoms with E-state index in [1.54, 1.807) is 55.0 Å². The number of piperazine rings is 1. The van der Waals surface area contributed by atoms with Crippen LogP contribution in [-0.4, -0.2) is 81.5 Å². The van der Waals surface area contributed by atoms with E-state index in [0.717, 1.165) is 0 Å². The Morgan fingerprint density at radius 2 is 1.75 bits per heavy atom. The van der Waals surface area contributed by atoms with E-state index in [2.05, 4.69) is 0 Å². The molecule has 1 aromatic heterocycles. The van der Waals surface area contributed by atoms with Crippen molar-refractivity contribution in [1.82, 2.24) is 14.4 Å². The molecule has 0 spiro atoms. The Kier molecular flexibility index (Phi) is 6.63. The number of hydrogen-bond acceptors (Lipinski definition) is 6. The molecule has 1 amide bonds. The number of carbonyl (C=O) groups is 3. The van der Waals surface area contributed by atoms with Gasteiger partial charge in [-0.25, -0.2) is 4.79 Å². The predicted molar refractivity (Wildman–Crippen MR) is 116 cm³/mol. The normalized spacial score (nSPS) is 16.1. The van der Waals surface area contributed by atoms with Gasteiger partial charge < -0.3 is 29.2 Å². The van der Waals surface area contributed by atoms with Crippen LogP contribution in [0.25, 0.3) is 10.9 Å². The zero-order chi connectivity index (χ0) is 23.6. The van der Waals surface area contributed by atoms with Crippen LogP contribution in [0.15, 0.2) is 24.4 Å². The number of hydrogen-bond donors (Lipinski definition) is 2. The summed E-state index contributed by atoms with van der Waals surface area (Å²) in [6.07, 6.45) is 1.16. The molecule has 174 valence electrons. The van der Waals surface area contributed by atoms with Crippen molar-refractivity contribution in [3.63, 3.8) is 0 Å². The molecular formula is C22H29N3O7. The van der Waals surface area contributed by atoms with E-state index in [1.807, 2.05) is 0 Å². The van der Waals surface area contributed by atoms with Crippen LogP contribution in [-0.2, 0) is 20.9 Å². The Bertz CT molecular complexity index is 1020. The van der Waals surface area contributed by atoms with Gasteiger partial charge in [0.05, 0.1) is 7.11 Å². The topological polar surface area (TPSA) is 122 Å². The average molecular weight is 447 g/mol. The molecule has 1 aliphatic heterocycles. The second-order valence-electron chi connectivity index (χ2n) is 8.73. The van der Waals surface area contributed by atoms with Crippen molar-refractivity contribution < 1.29 is 34.1 Å². The number of aliphatic carboxylic acids is 2. The lowest BCUT2D eigenvalue weighted by molar-refractivity contribution is -0.144. The first-order valence-corrected chi connectivity index (χ1v) is 10.3. The Morgan fingerprint density at radius 3 is 2.28 bits per heavy atom. The summed E-state index contributed by atoms with van der Waals surface area (Å²) in [5.41, 5.74) is 0.489. The summed E-state index contributed by atoms with van der Waals surface area (Å²) in [5.74, 6) is -1.53. The highest BCUT2D eigenvalue weighted by molar-refractivity contribution is 5.91. The molecule has 10 heteroatoms. The van der Waals surface area contributed by atoms with Crippen molar-refractivity contribution in [3.05, 3.63) is 30.0 Å². The minimum atomic E-state index is -1.05. The van der Waals surface area contributed by atoms with Gasteiger partial charge in [0.25, 0.3) is 0 Å². The standard InChI is InChI=1S/C22H29N3O7/c1-22(2,3)32-21(30)24-9-7-23(8-10-24)19(20(28)29)16-12-25(13-18(26)27)17-6-5-14(31-4)11-15(16)17/h5-6,11-12,19H,7-10,13H2,1-4H3,(H,26,27)(H,28,29)/t19-/m1/s1. The van der Waals surface area contributed by atoms with E-state index < -0.39 is 29.7 Å². The van der Waals surface area contributed by atoms with E-state index >= 15 is 0 Å². The average Bonchev–Trinajstić information content (AvgIpc) is 3.03. The van der Waals surface area contributed by atoms with E-state index in [4.69, 9.17) is 9.47 Å². The maximum Gasteiger partial charge on any atom is 0.410 e. The SMILES string of the molecule is COc1ccc2c(c1)c([C@H](C(=O)O)N1CCN(C(=O)OC(C)(C)C)CC1)cn2CC(=O)O. The first-order chi connectivity index (χ1) is 15.0. The van der Waals surface area contributed by atoms with Crippen molar-refractivity contribution in [3.8, 4) is 5.75 Å². The summed E-state index contributed by atoms with van der Waals surface area (Å²) in [5, 5.41) is 20.0. The molecule has 0 unspecified atom stereocenters. The highest BCUT2D eigenvalue weighted by Gasteiger charge is 2.35. The summed E-state index contributed by atoms with van der Waals surface area (Å²) in [7, 11) is 1.51. The van der Waals surface area contributed by atoms with E-state index in [1.165, 1.54) is 11.7 Å². The zero-order valence-corrected chi connectivity index (χ0v) is 18.7. The molecule has 2 heterocycles. The first-order valence-electron chi connectivity index (χ1n) is 10.3. The van der Waals surface area contributed by atoms with Gasteiger partial charge in [0.1, 0.15) is 23.9 Å². The summed E-state index contributed by atoms with van der Waals surface area (Å²) in [6, 6.07) is 4.15. The first kappa shape index (κ1) is 23.4. The summed E-state index contributed by atoms with van der Waals surface area (Å²) in [6.45, 7) is 6.43. The number of fused-ring (bicyclic) bond motifs is 1. The molecule has 0 aliphatic carbocycles. The minimum absolute atomic E-state index is 0.290. The van der Waals surface area contributed by atoms with Crippen LogP contribution < -0.4 is 4.74 Å². The number of methoxy groups -OCH3 is 1. The largest absolute Gasteiger partial charge is 0.497 e. The number of ether oxygens (including phenoxy) is 2. The van der Waals surface area contributed by atoms with Gasteiger partial charge in [-0.1, -0.05) is 0 Å². The second kappa shape index (κ2) is 9.07. The molecule has 1 aliphatic rings. The molecular weight excluding hydrogens is 418 g/mol. The van der Waals surface area contributed by atoms with Crippen LogP contribution in [0, 0.1) is 0 Å². The van der Waals surface area contributed by atoms with Gasteiger partial charge in [0, 0.05) is 48.8 Å². The molecule has 1 aromatic carbocycles.